The highest BCUT2D eigenvalue weighted by molar-refractivity contribution is 6.35. The molecule has 122 valence electrons. The number of carbonyl (C=O) groups is 1. The molecule has 2 aromatic rings. The molecule has 0 aliphatic heterocycles. The number of nitrogens with one attached hydrogen (secondary N) is 1. The maximum Gasteiger partial charge on any atom is 0.265 e. The van der Waals surface area contributed by atoms with E-state index < -0.39 is 6.10 Å². The van der Waals surface area contributed by atoms with Crippen molar-refractivity contribution in [1.82, 2.24) is 0 Å². The third-order valence-corrected chi connectivity index (χ3v) is 3.71. The van der Waals surface area contributed by atoms with Gasteiger partial charge in [-0.25, -0.2) is 0 Å². The Morgan fingerprint density at radius 3 is 2.30 bits per heavy atom. The van der Waals surface area contributed by atoms with Crippen LogP contribution in [0.2, 0.25) is 10.0 Å². The lowest BCUT2D eigenvalue weighted by molar-refractivity contribution is -0.122. The highest BCUT2D eigenvalue weighted by atomic mass is 35.5. The Balaban J connectivity index is 1.96. The first-order valence-electron chi connectivity index (χ1n) is 7.50. The number of aryl methyl sites for hydroxylation is 1. The van der Waals surface area contributed by atoms with Gasteiger partial charge in [0.2, 0.25) is 0 Å². The van der Waals surface area contributed by atoms with Crippen molar-refractivity contribution in [3.05, 3.63) is 58.1 Å². The monoisotopic (exact) mass is 351 g/mol. The Kier molecular flexibility index (Phi) is 6.31. The van der Waals surface area contributed by atoms with Gasteiger partial charge >= 0.3 is 0 Å². The molecule has 2 aromatic carbocycles. The second kappa shape index (κ2) is 8.23. The summed E-state index contributed by atoms with van der Waals surface area (Å²) in [5, 5.41) is 3.67. The van der Waals surface area contributed by atoms with Crippen molar-refractivity contribution in [1.29, 1.82) is 0 Å². The van der Waals surface area contributed by atoms with E-state index >= 15 is 0 Å². The summed E-state index contributed by atoms with van der Waals surface area (Å²) in [6.45, 7) is 3.83. The Morgan fingerprint density at radius 1 is 1.13 bits per heavy atom. The van der Waals surface area contributed by atoms with E-state index in [2.05, 4.69) is 12.2 Å². The lowest BCUT2D eigenvalue weighted by Crippen LogP contribution is -2.30. The number of hydrogen-bond donors (Lipinski definition) is 1. The van der Waals surface area contributed by atoms with Gasteiger partial charge in [-0.15, -0.1) is 0 Å². The second-order valence-electron chi connectivity index (χ2n) is 5.30. The van der Waals surface area contributed by atoms with Gasteiger partial charge in [-0.05, 0) is 49.2 Å². The van der Waals surface area contributed by atoms with E-state index in [4.69, 9.17) is 27.9 Å². The van der Waals surface area contributed by atoms with Crippen LogP contribution in [0.1, 0.15) is 25.8 Å². The summed E-state index contributed by atoms with van der Waals surface area (Å²) >= 11 is 11.8. The minimum Gasteiger partial charge on any atom is -0.481 e. The smallest absolute Gasteiger partial charge is 0.265 e. The molecule has 5 heteroatoms. The van der Waals surface area contributed by atoms with Crippen molar-refractivity contribution in [3.8, 4) is 5.75 Å². The van der Waals surface area contributed by atoms with Crippen LogP contribution in [0.3, 0.4) is 0 Å². The molecule has 1 unspecified atom stereocenters. The van der Waals surface area contributed by atoms with Gasteiger partial charge in [-0.2, -0.15) is 0 Å². The van der Waals surface area contributed by atoms with Crippen molar-refractivity contribution in [2.75, 3.05) is 5.32 Å². The fourth-order valence-electron chi connectivity index (χ4n) is 2.15. The van der Waals surface area contributed by atoms with E-state index in [0.717, 1.165) is 12.8 Å². The lowest BCUT2D eigenvalue weighted by atomic mass is 10.1. The molecule has 0 aliphatic rings. The predicted molar refractivity (Wildman–Crippen MR) is 95.6 cm³/mol. The van der Waals surface area contributed by atoms with Crippen LogP contribution in [-0.4, -0.2) is 12.0 Å². The van der Waals surface area contributed by atoms with Gasteiger partial charge in [0.15, 0.2) is 6.10 Å². The Hall–Kier alpha value is -1.71. The molecule has 1 N–H and O–H groups in total. The van der Waals surface area contributed by atoms with Crippen LogP contribution in [0.15, 0.2) is 42.5 Å². The topological polar surface area (TPSA) is 38.3 Å². The number of anilines is 1. The number of halogens is 2. The Bertz CT molecular complexity index is 651. The zero-order valence-electron chi connectivity index (χ0n) is 13.1. The molecule has 0 aliphatic carbocycles. The molecule has 23 heavy (non-hydrogen) atoms. The molecule has 1 atom stereocenters. The molecule has 1 amide bonds. The fourth-order valence-corrected chi connectivity index (χ4v) is 2.68. The molecule has 0 saturated carbocycles. The van der Waals surface area contributed by atoms with Crippen LogP contribution in [-0.2, 0) is 11.2 Å². The largest absolute Gasteiger partial charge is 0.481 e. The molecular formula is C18H19Cl2NO2. The zero-order chi connectivity index (χ0) is 16.8. The number of amides is 1. The highest BCUT2D eigenvalue weighted by Gasteiger charge is 2.15. The van der Waals surface area contributed by atoms with Crippen molar-refractivity contribution >= 4 is 34.8 Å². The molecule has 0 aromatic heterocycles. The molecule has 0 bridgehead atoms. The van der Waals surface area contributed by atoms with Gasteiger partial charge in [0.1, 0.15) is 5.75 Å². The normalized spacial score (nSPS) is 11.8. The fraction of sp³-hybridized carbons (Fsp3) is 0.278. The average Bonchev–Trinajstić information content (AvgIpc) is 2.48. The standard InChI is InChI=1S/C18H19Cl2NO2/c1-3-4-13-5-7-17(8-6-13)23-12(2)18(22)21-16-10-14(19)9-15(20)11-16/h5-12H,3-4H2,1-2H3,(H,21,22). The Labute approximate surface area is 146 Å². The van der Waals surface area contributed by atoms with Crippen molar-refractivity contribution in [3.63, 3.8) is 0 Å². The number of hydrogen-bond acceptors (Lipinski definition) is 2. The third kappa shape index (κ3) is 5.45. The Morgan fingerprint density at radius 2 is 1.74 bits per heavy atom. The van der Waals surface area contributed by atoms with E-state index in [1.54, 1.807) is 25.1 Å². The SMILES string of the molecule is CCCc1ccc(OC(C)C(=O)Nc2cc(Cl)cc(Cl)c2)cc1. The second-order valence-corrected chi connectivity index (χ2v) is 6.17. The first-order valence-corrected chi connectivity index (χ1v) is 8.26. The first-order chi connectivity index (χ1) is 11.0. The average molecular weight is 352 g/mol. The summed E-state index contributed by atoms with van der Waals surface area (Å²) in [5.74, 6) is 0.401. The maximum atomic E-state index is 12.2. The summed E-state index contributed by atoms with van der Waals surface area (Å²) < 4.78 is 5.66. The number of carbonyl (C=O) groups excluding carboxylic acids is 1. The molecule has 3 nitrogen and oxygen atoms in total. The summed E-state index contributed by atoms with van der Waals surface area (Å²) in [4.78, 5) is 12.2. The van der Waals surface area contributed by atoms with E-state index in [-0.39, 0.29) is 5.91 Å². The van der Waals surface area contributed by atoms with Crippen molar-refractivity contribution in [2.45, 2.75) is 32.8 Å². The van der Waals surface area contributed by atoms with Crippen LogP contribution in [0.5, 0.6) is 5.75 Å². The summed E-state index contributed by atoms with van der Waals surface area (Å²) in [6.07, 6.45) is 1.50. The zero-order valence-corrected chi connectivity index (χ0v) is 14.6. The van der Waals surface area contributed by atoms with Gasteiger partial charge < -0.3 is 10.1 Å². The van der Waals surface area contributed by atoms with E-state index in [0.29, 0.717) is 21.5 Å². The van der Waals surface area contributed by atoms with Gasteiger partial charge in [-0.3, -0.25) is 4.79 Å². The molecule has 0 radical (unpaired) electrons. The maximum absolute atomic E-state index is 12.2. The number of rotatable bonds is 6. The minimum absolute atomic E-state index is 0.263. The van der Waals surface area contributed by atoms with Crippen LogP contribution >= 0.6 is 23.2 Å². The highest BCUT2D eigenvalue weighted by Crippen LogP contribution is 2.23. The number of ether oxygens (including phenoxy) is 1. The quantitative estimate of drug-likeness (QED) is 0.761. The van der Waals surface area contributed by atoms with Crippen LogP contribution in [0.4, 0.5) is 5.69 Å². The molecular weight excluding hydrogens is 333 g/mol. The molecule has 0 heterocycles. The number of benzene rings is 2. The molecule has 0 saturated heterocycles. The van der Waals surface area contributed by atoms with Crippen molar-refractivity contribution in [2.24, 2.45) is 0 Å². The van der Waals surface area contributed by atoms with Crippen LogP contribution < -0.4 is 10.1 Å². The third-order valence-electron chi connectivity index (χ3n) is 3.27. The molecule has 0 spiro atoms. The molecule has 2 rings (SSSR count). The van der Waals surface area contributed by atoms with Gasteiger partial charge in [-0.1, -0.05) is 48.7 Å². The van der Waals surface area contributed by atoms with Gasteiger partial charge in [0, 0.05) is 15.7 Å². The van der Waals surface area contributed by atoms with Crippen molar-refractivity contribution < 1.29 is 9.53 Å². The van der Waals surface area contributed by atoms with E-state index in [1.165, 1.54) is 5.56 Å². The summed E-state index contributed by atoms with van der Waals surface area (Å²) in [6, 6.07) is 12.7. The molecule has 0 fully saturated rings. The first kappa shape index (κ1) is 17.6. The van der Waals surface area contributed by atoms with Gasteiger partial charge in [0.05, 0.1) is 0 Å². The van der Waals surface area contributed by atoms with E-state index in [1.807, 2.05) is 24.3 Å². The predicted octanol–water partition coefficient (Wildman–Crippen LogP) is 5.35. The lowest BCUT2D eigenvalue weighted by Gasteiger charge is -2.15. The van der Waals surface area contributed by atoms with Crippen LogP contribution in [0.25, 0.3) is 0 Å². The van der Waals surface area contributed by atoms with Gasteiger partial charge in [0.25, 0.3) is 5.91 Å². The summed E-state index contributed by atoms with van der Waals surface area (Å²) in [5.41, 5.74) is 1.80. The summed E-state index contributed by atoms with van der Waals surface area (Å²) in [7, 11) is 0. The van der Waals surface area contributed by atoms with Crippen LogP contribution in [0, 0.1) is 0 Å². The minimum atomic E-state index is -0.634. The van der Waals surface area contributed by atoms with E-state index in [9.17, 15) is 4.79 Å².